The number of nitrogen functional groups attached to an aromatic ring is 1. The van der Waals surface area contributed by atoms with Crippen molar-refractivity contribution in [2.24, 2.45) is 0 Å². The second-order valence-electron chi connectivity index (χ2n) is 4.12. The summed E-state index contributed by atoms with van der Waals surface area (Å²) in [6, 6.07) is 7.35. The molecule has 0 radical (unpaired) electrons. The molecular weight excluding hydrogens is 271 g/mol. The number of nitrogens with two attached hydrogens (primary N) is 1. The van der Waals surface area contributed by atoms with E-state index in [9.17, 15) is 13.2 Å². The molecule has 4 nitrogen and oxygen atoms in total. The average molecular weight is 283 g/mol. The minimum Gasteiger partial charge on any atom is -0.404 e. The first-order chi connectivity index (χ1) is 9.35. The van der Waals surface area contributed by atoms with Crippen molar-refractivity contribution in [1.82, 2.24) is 4.98 Å². The Hall–Kier alpha value is -2.44. The quantitative estimate of drug-likeness (QED) is 0.903. The molecular formula is C13H12F3N3O. The molecule has 0 amide bonds. The monoisotopic (exact) mass is 283 g/mol. The van der Waals surface area contributed by atoms with E-state index in [0.717, 1.165) is 5.56 Å². The van der Waals surface area contributed by atoms with Gasteiger partial charge >= 0.3 is 6.36 Å². The first kappa shape index (κ1) is 14.0. The van der Waals surface area contributed by atoms with Crippen LogP contribution in [0, 0.1) is 6.92 Å². The molecule has 7 heteroatoms. The van der Waals surface area contributed by atoms with E-state index in [-0.39, 0.29) is 17.3 Å². The van der Waals surface area contributed by atoms with Crippen LogP contribution in [0.2, 0.25) is 0 Å². The maximum atomic E-state index is 12.3. The fourth-order valence-electron chi connectivity index (χ4n) is 1.61. The van der Waals surface area contributed by atoms with Gasteiger partial charge in [0.15, 0.2) is 11.6 Å². The zero-order valence-electron chi connectivity index (χ0n) is 10.5. The number of hydrogen-bond acceptors (Lipinski definition) is 4. The summed E-state index contributed by atoms with van der Waals surface area (Å²) < 4.78 is 40.8. The Balaban J connectivity index is 2.29. The number of benzene rings is 1. The Bertz CT molecular complexity index is 614. The maximum Gasteiger partial charge on any atom is 0.573 e. The fourth-order valence-corrected chi connectivity index (χ4v) is 1.61. The summed E-state index contributed by atoms with van der Waals surface area (Å²) >= 11 is 0. The number of rotatable bonds is 3. The van der Waals surface area contributed by atoms with Crippen LogP contribution >= 0.6 is 0 Å². The molecule has 0 aliphatic heterocycles. The highest BCUT2D eigenvalue weighted by Gasteiger charge is 2.32. The summed E-state index contributed by atoms with van der Waals surface area (Å²) in [7, 11) is 0. The number of anilines is 3. The second kappa shape index (κ2) is 5.28. The van der Waals surface area contributed by atoms with Crippen LogP contribution in [0.25, 0.3) is 0 Å². The van der Waals surface area contributed by atoms with Crippen LogP contribution in [0.1, 0.15) is 5.56 Å². The van der Waals surface area contributed by atoms with Gasteiger partial charge in [-0.3, -0.25) is 0 Å². The lowest BCUT2D eigenvalue weighted by Crippen LogP contribution is -2.18. The average Bonchev–Trinajstić information content (AvgIpc) is 2.33. The number of pyridine rings is 1. The lowest BCUT2D eigenvalue weighted by Gasteiger charge is -2.15. The van der Waals surface area contributed by atoms with Gasteiger partial charge in [-0.1, -0.05) is 12.1 Å². The van der Waals surface area contributed by atoms with E-state index in [2.05, 4.69) is 15.0 Å². The molecule has 0 saturated heterocycles. The predicted molar refractivity (Wildman–Crippen MR) is 69.8 cm³/mol. The molecule has 0 aliphatic carbocycles. The van der Waals surface area contributed by atoms with Crippen molar-refractivity contribution in [2.75, 3.05) is 11.1 Å². The van der Waals surface area contributed by atoms with E-state index in [4.69, 9.17) is 5.73 Å². The lowest BCUT2D eigenvalue weighted by molar-refractivity contribution is -0.274. The number of hydrogen-bond donors (Lipinski definition) is 2. The van der Waals surface area contributed by atoms with Crippen molar-refractivity contribution in [1.29, 1.82) is 0 Å². The molecule has 3 N–H and O–H groups in total. The van der Waals surface area contributed by atoms with E-state index in [1.807, 2.05) is 6.92 Å². The molecule has 1 aromatic carbocycles. The van der Waals surface area contributed by atoms with Gasteiger partial charge in [0.25, 0.3) is 0 Å². The van der Waals surface area contributed by atoms with E-state index in [1.54, 1.807) is 18.3 Å². The summed E-state index contributed by atoms with van der Waals surface area (Å²) in [6.07, 6.45) is -3.20. The van der Waals surface area contributed by atoms with Gasteiger partial charge in [0, 0.05) is 6.20 Å². The Morgan fingerprint density at radius 3 is 2.60 bits per heavy atom. The summed E-state index contributed by atoms with van der Waals surface area (Å²) in [5.74, 6) is -0.0735. The minimum atomic E-state index is -4.76. The Kier molecular flexibility index (Phi) is 3.69. The van der Waals surface area contributed by atoms with E-state index in [0.29, 0.717) is 5.69 Å². The molecule has 106 valence electrons. The van der Waals surface area contributed by atoms with Crippen molar-refractivity contribution < 1.29 is 17.9 Å². The lowest BCUT2D eigenvalue weighted by atomic mass is 10.2. The van der Waals surface area contributed by atoms with Gasteiger partial charge in [-0.05, 0) is 30.7 Å². The number of para-hydroxylation sites is 2. The number of nitrogens with zero attached hydrogens (tertiary/aromatic N) is 1. The van der Waals surface area contributed by atoms with Crippen molar-refractivity contribution in [3.05, 3.63) is 42.1 Å². The largest absolute Gasteiger partial charge is 0.573 e. The molecule has 2 rings (SSSR count). The van der Waals surface area contributed by atoms with Crippen LogP contribution in [-0.2, 0) is 0 Å². The summed E-state index contributed by atoms with van der Waals surface area (Å²) in [4.78, 5) is 4.04. The number of nitrogens with one attached hydrogen (secondary N) is 1. The van der Waals surface area contributed by atoms with Crippen LogP contribution in [0.3, 0.4) is 0 Å². The summed E-state index contributed by atoms with van der Waals surface area (Å²) in [5.41, 5.74) is 7.08. The predicted octanol–water partition coefficient (Wildman–Crippen LogP) is 3.61. The van der Waals surface area contributed by atoms with Gasteiger partial charge in [-0.25, -0.2) is 4.98 Å². The van der Waals surface area contributed by atoms with E-state index < -0.39 is 6.36 Å². The molecule has 1 heterocycles. The molecule has 0 aliphatic rings. The van der Waals surface area contributed by atoms with Crippen molar-refractivity contribution >= 4 is 17.2 Å². The molecule has 0 saturated carbocycles. The van der Waals surface area contributed by atoms with Gasteiger partial charge in [0.1, 0.15) is 0 Å². The van der Waals surface area contributed by atoms with Crippen LogP contribution in [0.5, 0.6) is 5.75 Å². The molecule has 1 aromatic heterocycles. The van der Waals surface area contributed by atoms with Gasteiger partial charge in [-0.15, -0.1) is 13.2 Å². The number of ether oxygens (including phenoxy) is 1. The molecule has 0 fully saturated rings. The Labute approximate surface area is 113 Å². The third kappa shape index (κ3) is 3.53. The first-order valence-electron chi connectivity index (χ1n) is 5.69. The van der Waals surface area contributed by atoms with Crippen molar-refractivity contribution in [3.8, 4) is 5.75 Å². The number of aryl methyl sites for hydroxylation is 1. The van der Waals surface area contributed by atoms with E-state index >= 15 is 0 Å². The number of halogens is 3. The van der Waals surface area contributed by atoms with Gasteiger partial charge < -0.3 is 15.8 Å². The van der Waals surface area contributed by atoms with Gasteiger partial charge in [0.05, 0.1) is 11.4 Å². The summed E-state index contributed by atoms with van der Waals surface area (Å²) in [6.45, 7) is 1.81. The highest BCUT2D eigenvalue weighted by molar-refractivity contribution is 5.72. The smallest absolute Gasteiger partial charge is 0.404 e. The van der Waals surface area contributed by atoms with Crippen LogP contribution < -0.4 is 15.8 Å². The first-order valence-corrected chi connectivity index (χ1v) is 5.69. The van der Waals surface area contributed by atoms with Crippen LogP contribution in [0.15, 0.2) is 36.5 Å². The Morgan fingerprint density at radius 1 is 1.25 bits per heavy atom. The number of alkyl halides is 3. The van der Waals surface area contributed by atoms with Crippen molar-refractivity contribution in [2.45, 2.75) is 13.3 Å². The molecule has 20 heavy (non-hydrogen) atoms. The highest BCUT2D eigenvalue weighted by Crippen LogP contribution is 2.32. The zero-order chi connectivity index (χ0) is 14.8. The third-order valence-corrected chi connectivity index (χ3v) is 2.42. The minimum absolute atomic E-state index is 0.132. The Morgan fingerprint density at radius 2 is 1.95 bits per heavy atom. The SMILES string of the molecule is Cc1cnc(Nc2ccccc2OC(F)(F)F)c(N)c1. The van der Waals surface area contributed by atoms with Crippen LogP contribution in [0.4, 0.5) is 30.4 Å². The van der Waals surface area contributed by atoms with E-state index in [1.165, 1.54) is 18.2 Å². The summed E-state index contributed by atoms with van der Waals surface area (Å²) in [5, 5.41) is 2.73. The molecule has 2 aromatic rings. The number of aromatic nitrogens is 1. The zero-order valence-corrected chi connectivity index (χ0v) is 10.5. The molecule has 0 unspecified atom stereocenters. The normalized spacial score (nSPS) is 11.2. The van der Waals surface area contributed by atoms with Gasteiger partial charge in [-0.2, -0.15) is 0 Å². The standard InChI is InChI=1S/C13H12F3N3O/c1-8-6-9(17)12(18-7-8)19-10-4-2-3-5-11(10)20-13(14,15)16/h2-7H,17H2,1H3,(H,18,19). The van der Waals surface area contributed by atoms with Crippen molar-refractivity contribution in [3.63, 3.8) is 0 Å². The fraction of sp³-hybridized carbons (Fsp3) is 0.154. The maximum absolute atomic E-state index is 12.3. The highest BCUT2D eigenvalue weighted by atomic mass is 19.4. The molecule has 0 atom stereocenters. The third-order valence-electron chi connectivity index (χ3n) is 2.42. The molecule has 0 bridgehead atoms. The molecule has 0 spiro atoms. The second-order valence-corrected chi connectivity index (χ2v) is 4.12. The topological polar surface area (TPSA) is 60.2 Å². The van der Waals surface area contributed by atoms with Crippen LogP contribution in [-0.4, -0.2) is 11.3 Å². The van der Waals surface area contributed by atoms with Gasteiger partial charge in [0.2, 0.25) is 0 Å².